The van der Waals surface area contributed by atoms with E-state index in [1.165, 1.54) is 31.4 Å². The summed E-state index contributed by atoms with van der Waals surface area (Å²) in [4.78, 5) is 12.1. The van der Waals surface area contributed by atoms with Gasteiger partial charge in [-0.05, 0) is 48.5 Å². The van der Waals surface area contributed by atoms with Gasteiger partial charge in [0.25, 0.3) is 5.91 Å². The number of hydrogen-bond donors (Lipinski definition) is 2. The molecule has 1 amide bonds. The smallest absolute Gasteiger partial charge is 0.276 e. The molecule has 0 saturated heterocycles. The van der Waals surface area contributed by atoms with Crippen LogP contribution in [0, 0.1) is 5.82 Å². The molecule has 1 heterocycles. The molecule has 0 aliphatic rings. The van der Waals surface area contributed by atoms with Gasteiger partial charge in [0.05, 0.1) is 12.1 Å². The summed E-state index contributed by atoms with van der Waals surface area (Å²) >= 11 is 6.07. The Balaban J connectivity index is 1.68. The average molecular weight is 373 g/mol. The maximum absolute atomic E-state index is 13.2. The minimum atomic E-state index is -0.484. The summed E-state index contributed by atoms with van der Waals surface area (Å²) in [5, 5.41) is 13.9. The molecule has 8 heteroatoms. The van der Waals surface area contributed by atoms with E-state index in [-0.39, 0.29) is 5.69 Å². The summed E-state index contributed by atoms with van der Waals surface area (Å²) in [6, 6.07) is 13.9. The van der Waals surface area contributed by atoms with Crippen molar-refractivity contribution in [3.63, 3.8) is 0 Å². The Bertz CT molecular complexity index is 935. The van der Waals surface area contributed by atoms with Crippen LogP contribution < -0.4 is 15.4 Å². The van der Waals surface area contributed by atoms with Crippen molar-refractivity contribution in [3.8, 4) is 5.75 Å². The summed E-state index contributed by atoms with van der Waals surface area (Å²) in [6.45, 7) is 0. The van der Waals surface area contributed by atoms with Crippen LogP contribution in [-0.4, -0.2) is 23.2 Å². The maximum atomic E-state index is 13.2. The van der Waals surface area contributed by atoms with Gasteiger partial charge in [-0.3, -0.25) is 4.79 Å². The van der Waals surface area contributed by atoms with Crippen LogP contribution in [0.3, 0.4) is 0 Å². The van der Waals surface area contributed by atoms with Gasteiger partial charge in [-0.15, -0.1) is 10.2 Å². The summed E-state index contributed by atoms with van der Waals surface area (Å²) in [5.74, 6) is 0.0786. The van der Waals surface area contributed by atoms with E-state index >= 15 is 0 Å². The number of nitrogens with one attached hydrogen (secondary N) is 2. The zero-order valence-electron chi connectivity index (χ0n) is 13.7. The Morgan fingerprint density at radius 2 is 1.92 bits per heavy atom. The van der Waals surface area contributed by atoms with Gasteiger partial charge in [0, 0.05) is 11.4 Å². The fourth-order valence-corrected chi connectivity index (χ4v) is 2.43. The number of carbonyl (C=O) groups is 1. The first-order valence-electron chi connectivity index (χ1n) is 7.56. The highest BCUT2D eigenvalue weighted by molar-refractivity contribution is 6.32. The van der Waals surface area contributed by atoms with Crippen molar-refractivity contribution >= 4 is 34.7 Å². The van der Waals surface area contributed by atoms with Crippen molar-refractivity contribution in [2.45, 2.75) is 0 Å². The molecule has 0 radical (unpaired) electrons. The standard InChI is InChI=1S/C18H14ClFN4O2/c1-26-16-7-5-13(10-14(16)19)21-17-8-6-15(23-24-17)18(25)22-12-4-2-3-11(20)9-12/h2-10H,1H3,(H,21,24)(H,22,25). The Labute approximate surface area is 154 Å². The predicted octanol–water partition coefficient (Wildman–Crippen LogP) is 4.27. The van der Waals surface area contributed by atoms with E-state index in [0.29, 0.717) is 28.0 Å². The van der Waals surface area contributed by atoms with E-state index in [1.54, 1.807) is 30.3 Å². The molecular formula is C18H14ClFN4O2. The number of aromatic nitrogens is 2. The molecule has 3 rings (SSSR count). The van der Waals surface area contributed by atoms with E-state index in [1.807, 2.05) is 0 Å². The molecule has 0 aliphatic heterocycles. The molecule has 0 fully saturated rings. The number of methoxy groups -OCH3 is 1. The summed E-state index contributed by atoms with van der Waals surface area (Å²) in [7, 11) is 1.54. The van der Waals surface area contributed by atoms with Crippen LogP contribution >= 0.6 is 11.6 Å². The molecule has 132 valence electrons. The van der Waals surface area contributed by atoms with Gasteiger partial charge in [0.2, 0.25) is 0 Å². The normalized spacial score (nSPS) is 10.3. The van der Waals surface area contributed by atoms with Gasteiger partial charge in [0.1, 0.15) is 11.6 Å². The number of rotatable bonds is 5. The third-order valence-corrected chi connectivity index (χ3v) is 3.70. The first-order valence-corrected chi connectivity index (χ1v) is 7.94. The quantitative estimate of drug-likeness (QED) is 0.699. The lowest BCUT2D eigenvalue weighted by Gasteiger charge is -2.08. The number of hydrogen-bond acceptors (Lipinski definition) is 5. The minimum Gasteiger partial charge on any atom is -0.495 e. The summed E-state index contributed by atoms with van der Waals surface area (Å²) < 4.78 is 18.2. The van der Waals surface area contributed by atoms with Gasteiger partial charge in [-0.25, -0.2) is 4.39 Å². The van der Waals surface area contributed by atoms with Crippen LogP contribution in [0.4, 0.5) is 21.6 Å². The van der Waals surface area contributed by atoms with E-state index in [2.05, 4.69) is 20.8 Å². The largest absolute Gasteiger partial charge is 0.495 e. The van der Waals surface area contributed by atoms with Crippen LogP contribution in [0.1, 0.15) is 10.5 Å². The molecule has 0 saturated carbocycles. The van der Waals surface area contributed by atoms with Crippen LogP contribution in [0.15, 0.2) is 54.6 Å². The fraction of sp³-hybridized carbons (Fsp3) is 0.0556. The average Bonchev–Trinajstić information content (AvgIpc) is 2.62. The minimum absolute atomic E-state index is 0.104. The number of halogens is 2. The molecule has 26 heavy (non-hydrogen) atoms. The molecular weight excluding hydrogens is 359 g/mol. The second-order valence-electron chi connectivity index (χ2n) is 5.24. The first kappa shape index (κ1) is 17.6. The number of nitrogens with zero attached hydrogens (tertiary/aromatic N) is 2. The van der Waals surface area contributed by atoms with Gasteiger partial charge < -0.3 is 15.4 Å². The summed E-state index contributed by atoms with van der Waals surface area (Å²) in [5.41, 5.74) is 1.14. The Morgan fingerprint density at radius 1 is 1.08 bits per heavy atom. The van der Waals surface area contributed by atoms with Crippen LogP contribution in [-0.2, 0) is 0 Å². The number of ether oxygens (including phenoxy) is 1. The molecule has 0 spiro atoms. The predicted molar refractivity (Wildman–Crippen MR) is 97.7 cm³/mol. The second kappa shape index (κ2) is 7.79. The van der Waals surface area contributed by atoms with Crippen molar-refractivity contribution in [1.82, 2.24) is 10.2 Å². The van der Waals surface area contributed by atoms with Gasteiger partial charge >= 0.3 is 0 Å². The molecule has 0 aliphatic carbocycles. The monoisotopic (exact) mass is 372 g/mol. The highest BCUT2D eigenvalue weighted by Crippen LogP contribution is 2.28. The van der Waals surface area contributed by atoms with Crippen molar-refractivity contribution in [2.75, 3.05) is 17.7 Å². The number of benzene rings is 2. The zero-order valence-corrected chi connectivity index (χ0v) is 14.4. The number of anilines is 3. The van der Waals surface area contributed by atoms with Gasteiger partial charge in [-0.2, -0.15) is 0 Å². The third-order valence-electron chi connectivity index (χ3n) is 3.40. The van der Waals surface area contributed by atoms with E-state index in [9.17, 15) is 9.18 Å². The Morgan fingerprint density at radius 3 is 2.58 bits per heavy atom. The lowest BCUT2D eigenvalue weighted by Crippen LogP contribution is -2.14. The van der Waals surface area contributed by atoms with Crippen LogP contribution in [0.25, 0.3) is 0 Å². The third kappa shape index (κ3) is 4.25. The Kier molecular flexibility index (Phi) is 5.28. The molecule has 0 atom stereocenters. The molecule has 6 nitrogen and oxygen atoms in total. The molecule has 0 bridgehead atoms. The van der Waals surface area contributed by atoms with E-state index in [0.717, 1.165) is 0 Å². The first-order chi connectivity index (χ1) is 12.5. The summed E-state index contributed by atoms with van der Waals surface area (Å²) in [6.07, 6.45) is 0. The molecule has 1 aromatic heterocycles. The SMILES string of the molecule is COc1ccc(Nc2ccc(C(=O)Nc3cccc(F)c3)nn2)cc1Cl. The number of carbonyl (C=O) groups excluding carboxylic acids is 1. The Hall–Kier alpha value is -3.19. The van der Waals surface area contributed by atoms with Gasteiger partial charge in [-0.1, -0.05) is 17.7 Å². The molecule has 3 aromatic rings. The second-order valence-corrected chi connectivity index (χ2v) is 5.65. The lowest BCUT2D eigenvalue weighted by molar-refractivity contribution is 0.102. The van der Waals surface area contributed by atoms with Crippen LogP contribution in [0.2, 0.25) is 5.02 Å². The van der Waals surface area contributed by atoms with Crippen molar-refractivity contribution in [2.24, 2.45) is 0 Å². The molecule has 0 unspecified atom stereocenters. The maximum Gasteiger partial charge on any atom is 0.276 e. The lowest BCUT2D eigenvalue weighted by atomic mass is 10.3. The van der Waals surface area contributed by atoms with Crippen molar-refractivity contribution < 1.29 is 13.9 Å². The fourth-order valence-electron chi connectivity index (χ4n) is 2.17. The van der Waals surface area contributed by atoms with Crippen molar-refractivity contribution in [1.29, 1.82) is 0 Å². The number of amides is 1. The van der Waals surface area contributed by atoms with Crippen molar-refractivity contribution in [3.05, 3.63) is 71.1 Å². The van der Waals surface area contributed by atoms with Crippen LogP contribution in [0.5, 0.6) is 5.75 Å². The van der Waals surface area contributed by atoms with Gasteiger partial charge in [0.15, 0.2) is 11.5 Å². The highest BCUT2D eigenvalue weighted by Gasteiger charge is 2.10. The zero-order chi connectivity index (χ0) is 18.5. The molecule has 2 N–H and O–H groups in total. The molecule has 2 aromatic carbocycles. The topological polar surface area (TPSA) is 76.1 Å². The van der Waals surface area contributed by atoms with E-state index in [4.69, 9.17) is 16.3 Å². The highest BCUT2D eigenvalue weighted by atomic mass is 35.5. The van der Waals surface area contributed by atoms with E-state index < -0.39 is 11.7 Å².